The van der Waals surface area contributed by atoms with Crippen molar-refractivity contribution in [3.05, 3.63) is 146 Å². The maximum atomic E-state index is 5.05. The number of hydrogen-bond donors (Lipinski definition) is 0. The molecule has 0 fully saturated rings. The topological polar surface area (TPSA) is 51.6 Å². The van der Waals surface area contributed by atoms with Gasteiger partial charge in [-0.15, -0.1) is 0 Å². The molecular weight excluding hydrogens is 512 g/mol. The third kappa shape index (κ3) is 4.27. The molecule has 4 nitrogen and oxygen atoms in total. The van der Waals surface area contributed by atoms with Gasteiger partial charge in [-0.25, -0.2) is 15.0 Å². The van der Waals surface area contributed by atoms with Crippen LogP contribution in [0.4, 0.5) is 0 Å². The molecule has 0 aliphatic carbocycles. The van der Waals surface area contributed by atoms with Gasteiger partial charge >= 0.3 is 0 Å². The maximum Gasteiger partial charge on any atom is 0.160 e. The Morgan fingerprint density at radius 1 is 0.405 bits per heavy atom. The monoisotopic (exact) mass is 536 g/mol. The van der Waals surface area contributed by atoms with Crippen LogP contribution in [0.2, 0.25) is 0 Å². The minimum absolute atomic E-state index is 0.727. The second kappa shape index (κ2) is 10.0. The van der Waals surface area contributed by atoms with E-state index in [4.69, 9.17) is 15.0 Å². The number of benzene rings is 5. The summed E-state index contributed by atoms with van der Waals surface area (Å²) in [5.74, 6) is 0.727. The van der Waals surface area contributed by atoms with E-state index in [-0.39, 0.29) is 0 Å². The van der Waals surface area contributed by atoms with Crippen molar-refractivity contribution in [1.29, 1.82) is 0 Å². The highest BCUT2D eigenvalue weighted by Crippen LogP contribution is 2.33. The Balaban J connectivity index is 1.20. The fourth-order valence-corrected chi connectivity index (χ4v) is 5.56. The average molecular weight is 537 g/mol. The first-order valence-corrected chi connectivity index (χ1v) is 14.0. The predicted molar refractivity (Wildman–Crippen MR) is 172 cm³/mol. The molecule has 0 saturated carbocycles. The van der Waals surface area contributed by atoms with Gasteiger partial charge in [-0.1, -0.05) is 115 Å². The molecule has 3 aromatic heterocycles. The molecule has 0 spiro atoms. The molecular formula is C38H24N4. The molecule has 196 valence electrons. The number of fused-ring (bicyclic) bond motifs is 4. The van der Waals surface area contributed by atoms with E-state index in [1.54, 1.807) is 0 Å². The first kappa shape index (κ1) is 24.1. The van der Waals surface area contributed by atoms with E-state index in [1.165, 1.54) is 0 Å². The fraction of sp³-hybridized carbons (Fsp3) is 0. The van der Waals surface area contributed by atoms with Crippen LogP contribution in [0.15, 0.2) is 146 Å². The lowest BCUT2D eigenvalue weighted by Crippen LogP contribution is -1.95. The molecule has 0 saturated heterocycles. The Morgan fingerprint density at radius 2 is 1.07 bits per heavy atom. The summed E-state index contributed by atoms with van der Waals surface area (Å²) in [5.41, 5.74) is 10.0. The standard InChI is InChI=1S/C38H24N4/c1-3-8-27(9-4-1)35-32-24-31(20-22-34(32)41-38(42-35)30-10-5-2-6-11-30)25-13-15-26(16-14-25)33-21-19-29-18-17-28-12-7-23-39-36(28)37(29)40-33/h1-24H. The third-order valence-corrected chi connectivity index (χ3v) is 7.72. The SMILES string of the molecule is c1ccc(-c2nc(-c3ccccc3)c3cc(-c4ccc(-c5ccc6ccc7cccnc7c6n5)cc4)ccc3n2)cc1. The summed E-state index contributed by atoms with van der Waals surface area (Å²) in [7, 11) is 0. The summed E-state index contributed by atoms with van der Waals surface area (Å²) >= 11 is 0. The number of aromatic nitrogens is 4. The van der Waals surface area contributed by atoms with E-state index >= 15 is 0 Å². The first-order chi connectivity index (χ1) is 20.8. The zero-order chi connectivity index (χ0) is 27.9. The van der Waals surface area contributed by atoms with Gasteiger partial charge in [0.2, 0.25) is 0 Å². The van der Waals surface area contributed by atoms with Crippen molar-refractivity contribution in [2.75, 3.05) is 0 Å². The van der Waals surface area contributed by atoms with Crippen molar-refractivity contribution in [2.24, 2.45) is 0 Å². The Morgan fingerprint density at radius 3 is 1.86 bits per heavy atom. The molecule has 0 N–H and O–H groups in total. The van der Waals surface area contributed by atoms with E-state index in [0.717, 1.165) is 77.7 Å². The van der Waals surface area contributed by atoms with Crippen molar-refractivity contribution in [2.45, 2.75) is 0 Å². The zero-order valence-corrected chi connectivity index (χ0v) is 22.6. The molecule has 3 heterocycles. The summed E-state index contributed by atoms with van der Waals surface area (Å²) in [4.78, 5) is 19.6. The summed E-state index contributed by atoms with van der Waals surface area (Å²) < 4.78 is 0. The molecule has 0 atom stereocenters. The van der Waals surface area contributed by atoms with Gasteiger partial charge < -0.3 is 0 Å². The predicted octanol–water partition coefficient (Wildman–Crippen LogP) is 9.39. The van der Waals surface area contributed by atoms with E-state index in [2.05, 4.69) is 102 Å². The van der Waals surface area contributed by atoms with E-state index in [0.29, 0.717) is 0 Å². The van der Waals surface area contributed by atoms with Crippen molar-refractivity contribution in [3.8, 4) is 45.0 Å². The Kier molecular flexibility index (Phi) is 5.75. The van der Waals surface area contributed by atoms with Gasteiger partial charge in [-0.2, -0.15) is 0 Å². The van der Waals surface area contributed by atoms with Crippen LogP contribution in [-0.2, 0) is 0 Å². The Hall–Kier alpha value is -5.74. The first-order valence-electron chi connectivity index (χ1n) is 14.0. The summed E-state index contributed by atoms with van der Waals surface area (Å²) in [6.45, 7) is 0. The average Bonchev–Trinajstić information content (AvgIpc) is 3.08. The molecule has 0 aliphatic rings. The van der Waals surface area contributed by atoms with Crippen molar-refractivity contribution in [1.82, 2.24) is 19.9 Å². The number of nitrogens with zero attached hydrogens (tertiary/aromatic N) is 4. The summed E-state index contributed by atoms with van der Waals surface area (Å²) in [5, 5.41) is 3.21. The zero-order valence-electron chi connectivity index (χ0n) is 22.6. The normalized spacial score (nSPS) is 11.3. The number of rotatable bonds is 4. The van der Waals surface area contributed by atoms with Crippen LogP contribution in [-0.4, -0.2) is 19.9 Å². The van der Waals surface area contributed by atoms with Crippen molar-refractivity contribution in [3.63, 3.8) is 0 Å². The summed E-state index contributed by atoms with van der Waals surface area (Å²) in [6.07, 6.45) is 1.82. The van der Waals surface area contributed by atoms with Crippen LogP contribution in [0.3, 0.4) is 0 Å². The van der Waals surface area contributed by atoms with Crippen LogP contribution in [0, 0.1) is 0 Å². The van der Waals surface area contributed by atoms with Crippen LogP contribution in [0.5, 0.6) is 0 Å². The van der Waals surface area contributed by atoms with Crippen LogP contribution in [0.1, 0.15) is 0 Å². The Bertz CT molecular complexity index is 2230. The molecule has 0 bridgehead atoms. The molecule has 8 rings (SSSR count). The molecule has 0 aliphatic heterocycles. The lowest BCUT2D eigenvalue weighted by Gasteiger charge is -2.12. The highest BCUT2D eigenvalue weighted by Gasteiger charge is 2.13. The van der Waals surface area contributed by atoms with Gasteiger partial charge in [0.05, 0.1) is 27.9 Å². The van der Waals surface area contributed by atoms with E-state index in [1.807, 2.05) is 48.7 Å². The largest absolute Gasteiger partial charge is 0.254 e. The van der Waals surface area contributed by atoms with Crippen molar-refractivity contribution >= 4 is 32.7 Å². The lowest BCUT2D eigenvalue weighted by atomic mass is 9.98. The van der Waals surface area contributed by atoms with Crippen LogP contribution in [0.25, 0.3) is 77.7 Å². The molecule has 4 heteroatoms. The van der Waals surface area contributed by atoms with Gasteiger partial charge in [-0.05, 0) is 35.4 Å². The van der Waals surface area contributed by atoms with Crippen LogP contribution >= 0.6 is 0 Å². The van der Waals surface area contributed by atoms with Crippen molar-refractivity contribution < 1.29 is 0 Å². The van der Waals surface area contributed by atoms with Gasteiger partial charge in [0.15, 0.2) is 5.82 Å². The number of pyridine rings is 2. The van der Waals surface area contributed by atoms with E-state index < -0.39 is 0 Å². The maximum absolute atomic E-state index is 5.05. The van der Waals surface area contributed by atoms with Crippen LogP contribution < -0.4 is 0 Å². The Labute approximate surface area is 243 Å². The molecule has 42 heavy (non-hydrogen) atoms. The molecule has 0 radical (unpaired) electrons. The second-order valence-electron chi connectivity index (χ2n) is 10.3. The minimum atomic E-state index is 0.727. The second-order valence-corrected chi connectivity index (χ2v) is 10.3. The van der Waals surface area contributed by atoms with E-state index in [9.17, 15) is 0 Å². The van der Waals surface area contributed by atoms with Gasteiger partial charge in [0.25, 0.3) is 0 Å². The quantitative estimate of drug-likeness (QED) is 0.210. The lowest BCUT2D eigenvalue weighted by molar-refractivity contribution is 1.23. The minimum Gasteiger partial charge on any atom is -0.254 e. The van der Waals surface area contributed by atoms with Gasteiger partial charge in [-0.3, -0.25) is 4.98 Å². The molecule has 0 amide bonds. The van der Waals surface area contributed by atoms with Gasteiger partial charge in [0.1, 0.15) is 0 Å². The summed E-state index contributed by atoms with van der Waals surface area (Å²) in [6, 6.07) is 48.0. The molecule has 5 aromatic carbocycles. The third-order valence-electron chi connectivity index (χ3n) is 7.72. The number of hydrogen-bond acceptors (Lipinski definition) is 4. The molecule has 8 aromatic rings. The smallest absolute Gasteiger partial charge is 0.160 e. The fourth-order valence-electron chi connectivity index (χ4n) is 5.56. The molecule has 0 unspecified atom stereocenters. The van der Waals surface area contributed by atoms with Gasteiger partial charge in [0, 0.05) is 39.0 Å². The highest BCUT2D eigenvalue weighted by atomic mass is 14.9. The highest BCUT2D eigenvalue weighted by molar-refractivity contribution is 6.03.